The highest BCUT2D eigenvalue weighted by molar-refractivity contribution is 5.67. The first kappa shape index (κ1) is 17.3. The first-order valence-corrected chi connectivity index (χ1v) is 7.95. The summed E-state index contributed by atoms with van der Waals surface area (Å²) in [6.45, 7) is 9.73. The van der Waals surface area contributed by atoms with Crippen molar-refractivity contribution >= 4 is 6.09 Å². The molecule has 4 nitrogen and oxygen atoms in total. The van der Waals surface area contributed by atoms with E-state index in [1.165, 1.54) is 25.7 Å². The quantitative estimate of drug-likeness (QED) is 0.787. The molecule has 1 rings (SSSR count). The van der Waals surface area contributed by atoms with Gasteiger partial charge in [0.25, 0.3) is 0 Å². The predicted octanol–water partition coefficient (Wildman–Crippen LogP) is 3.41. The van der Waals surface area contributed by atoms with Crippen molar-refractivity contribution in [3.05, 3.63) is 0 Å². The third-order valence-electron chi connectivity index (χ3n) is 3.74. The number of hydrogen-bond acceptors (Lipinski definition) is 3. The predicted molar refractivity (Wildman–Crippen MR) is 82.9 cm³/mol. The average molecular weight is 284 g/mol. The van der Waals surface area contributed by atoms with Gasteiger partial charge in [0.05, 0.1) is 0 Å². The molecule has 118 valence electrons. The largest absolute Gasteiger partial charge is 0.444 e. The lowest BCUT2D eigenvalue weighted by Gasteiger charge is -2.28. The number of hydrogen-bond donors (Lipinski definition) is 1. The van der Waals surface area contributed by atoms with Crippen LogP contribution in [0, 0.1) is 5.92 Å². The summed E-state index contributed by atoms with van der Waals surface area (Å²) in [5, 5.41) is 3.62. The standard InChI is InChI=1S/C16H32N2O2/c1-13-8-6-9-14(12-13)17-10-7-11-18(5)15(19)20-16(2,3)4/h13-14,17H,6-12H2,1-5H3. The molecule has 1 fully saturated rings. The lowest BCUT2D eigenvalue weighted by atomic mass is 9.87. The number of carbonyl (C=O) groups excluding carboxylic acids is 1. The zero-order chi connectivity index (χ0) is 15.2. The minimum atomic E-state index is -0.415. The molecule has 0 heterocycles. The first-order chi connectivity index (χ1) is 9.28. The summed E-state index contributed by atoms with van der Waals surface area (Å²) in [5.74, 6) is 0.852. The van der Waals surface area contributed by atoms with Gasteiger partial charge in [0.2, 0.25) is 0 Å². The third-order valence-corrected chi connectivity index (χ3v) is 3.74. The molecule has 2 atom stereocenters. The minimum Gasteiger partial charge on any atom is -0.444 e. The molecule has 0 aromatic carbocycles. The Morgan fingerprint density at radius 2 is 2.05 bits per heavy atom. The zero-order valence-electron chi connectivity index (χ0n) is 13.9. The Bertz CT molecular complexity index is 299. The summed E-state index contributed by atoms with van der Waals surface area (Å²) in [4.78, 5) is 13.4. The van der Waals surface area contributed by atoms with E-state index < -0.39 is 5.60 Å². The van der Waals surface area contributed by atoms with Crippen LogP contribution in [0.3, 0.4) is 0 Å². The highest BCUT2D eigenvalue weighted by Gasteiger charge is 2.20. The molecule has 1 saturated carbocycles. The van der Waals surface area contributed by atoms with Crippen molar-refractivity contribution in [3.8, 4) is 0 Å². The maximum Gasteiger partial charge on any atom is 0.410 e. The van der Waals surface area contributed by atoms with Crippen LogP contribution in [0.2, 0.25) is 0 Å². The van der Waals surface area contributed by atoms with E-state index in [2.05, 4.69) is 12.2 Å². The number of carbonyl (C=O) groups is 1. The fourth-order valence-corrected chi connectivity index (χ4v) is 2.67. The normalized spacial score (nSPS) is 23.4. The Labute approximate surface area is 124 Å². The molecule has 0 aliphatic heterocycles. The van der Waals surface area contributed by atoms with Gasteiger partial charge in [-0.25, -0.2) is 4.79 Å². The minimum absolute atomic E-state index is 0.233. The molecule has 0 aromatic heterocycles. The van der Waals surface area contributed by atoms with Gasteiger partial charge in [-0.15, -0.1) is 0 Å². The van der Waals surface area contributed by atoms with Crippen molar-refractivity contribution in [3.63, 3.8) is 0 Å². The Balaban J connectivity index is 2.12. The van der Waals surface area contributed by atoms with Crippen LogP contribution >= 0.6 is 0 Å². The van der Waals surface area contributed by atoms with Gasteiger partial charge in [-0.3, -0.25) is 0 Å². The van der Waals surface area contributed by atoms with Crippen molar-refractivity contribution in [1.29, 1.82) is 0 Å². The van der Waals surface area contributed by atoms with Crippen LogP contribution in [0.15, 0.2) is 0 Å². The van der Waals surface area contributed by atoms with Gasteiger partial charge < -0.3 is 15.0 Å². The maximum absolute atomic E-state index is 11.8. The lowest BCUT2D eigenvalue weighted by Crippen LogP contribution is -2.37. The number of nitrogens with zero attached hydrogens (tertiary/aromatic N) is 1. The van der Waals surface area contributed by atoms with E-state index in [-0.39, 0.29) is 6.09 Å². The monoisotopic (exact) mass is 284 g/mol. The highest BCUT2D eigenvalue weighted by Crippen LogP contribution is 2.23. The first-order valence-electron chi connectivity index (χ1n) is 7.95. The summed E-state index contributed by atoms with van der Waals surface area (Å²) < 4.78 is 5.33. The topological polar surface area (TPSA) is 41.6 Å². The van der Waals surface area contributed by atoms with Crippen molar-refractivity contribution in [1.82, 2.24) is 10.2 Å². The third kappa shape index (κ3) is 7.13. The van der Waals surface area contributed by atoms with Gasteiger partial charge in [0, 0.05) is 19.6 Å². The van der Waals surface area contributed by atoms with Crippen LogP contribution in [0.25, 0.3) is 0 Å². The summed E-state index contributed by atoms with van der Waals surface area (Å²) >= 11 is 0. The molecule has 1 N–H and O–H groups in total. The van der Waals surface area contributed by atoms with E-state index in [1.54, 1.807) is 11.9 Å². The highest BCUT2D eigenvalue weighted by atomic mass is 16.6. The molecule has 0 radical (unpaired) electrons. The van der Waals surface area contributed by atoms with E-state index in [0.717, 1.165) is 25.4 Å². The van der Waals surface area contributed by atoms with Crippen molar-refractivity contribution in [2.75, 3.05) is 20.1 Å². The van der Waals surface area contributed by atoms with E-state index in [1.807, 2.05) is 20.8 Å². The fourth-order valence-electron chi connectivity index (χ4n) is 2.67. The second kappa shape index (κ2) is 7.87. The van der Waals surface area contributed by atoms with Gasteiger partial charge >= 0.3 is 6.09 Å². The molecule has 0 bridgehead atoms. The van der Waals surface area contributed by atoms with Gasteiger partial charge in [0.15, 0.2) is 0 Å². The molecule has 4 heteroatoms. The van der Waals surface area contributed by atoms with E-state index >= 15 is 0 Å². The summed E-state index contributed by atoms with van der Waals surface area (Å²) in [6.07, 6.45) is 6.05. The van der Waals surface area contributed by atoms with Crippen LogP contribution in [-0.4, -0.2) is 42.8 Å². The molecular formula is C16H32N2O2. The van der Waals surface area contributed by atoms with Crippen LogP contribution < -0.4 is 5.32 Å². The van der Waals surface area contributed by atoms with Crippen molar-refractivity contribution < 1.29 is 9.53 Å². The molecule has 1 aliphatic rings. The number of nitrogens with one attached hydrogen (secondary N) is 1. The summed E-state index contributed by atoms with van der Waals surface area (Å²) in [7, 11) is 1.80. The summed E-state index contributed by atoms with van der Waals surface area (Å²) in [5.41, 5.74) is -0.415. The van der Waals surface area contributed by atoms with Gasteiger partial charge in [-0.1, -0.05) is 19.8 Å². The van der Waals surface area contributed by atoms with Crippen LogP contribution in [0.1, 0.15) is 59.8 Å². The van der Waals surface area contributed by atoms with E-state index in [4.69, 9.17) is 4.74 Å². The Morgan fingerprint density at radius 1 is 1.35 bits per heavy atom. The van der Waals surface area contributed by atoms with Gasteiger partial charge in [0.1, 0.15) is 5.60 Å². The van der Waals surface area contributed by atoms with Crippen molar-refractivity contribution in [2.45, 2.75) is 71.4 Å². The molecule has 0 spiro atoms. The van der Waals surface area contributed by atoms with Gasteiger partial charge in [-0.05, 0) is 52.5 Å². The molecule has 1 aliphatic carbocycles. The molecule has 1 amide bonds. The Hall–Kier alpha value is -0.770. The second-order valence-corrected chi connectivity index (χ2v) is 7.18. The number of ether oxygens (including phenoxy) is 1. The Kier molecular flexibility index (Phi) is 6.80. The lowest BCUT2D eigenvalue weighted by molar-refractivity contribution is 0.0297. The summed E-state index contributed by atoms with van der Waals surface area (Å²) in [6, 6.07) is 0.672. The second-order valence-electron chi connectivity index (χ2n) is 7.18. The van der Waals surface area contributed by atoms with Gasteiger partial charge in [-0.2, -0.15) is 0 Å². The van der Waals surface area contributed by atoms with Crippen molar-refractivity contribution in [2.24, 2.45) is 5.92 Å². The molecule has 0 aromatic rings. The van der Waals surface area contributed by atoms with E-state index in [9.17, 15) is 4.79 Å². The Morgan fingerprint density at radius 3 is 2.65 bits per heavy atom. The van der Waals surface area contributed by atoms with Crippen LogP contribution in [0.5, 0.6) is 0 Å². The smallest absolute Gasteiger partial charge is 0.410 e. The average Bonchev–Trinajstić information content (AvgIpc) is 2.32. The SMILES string of the molecule is CC1CCCC(NCCCN(C)C(=O)OC(C)(C)C)C1. The molecule has 0 saturated heterocycles. The zero-order valence-corrected chi connectivity index (χ0v) is 13.9. The number of rotatable bonds is 5. The fraction of sp³-hybridized carbons (Fsp3) is 0.938. The molecule has 20 heavy (non-hydrogen) atoms. The van der Waals surface area contributed by atoms with E-state index in [0.29, 0.717) is 6.04 Å². The maximum atomic E-state index is 11.8. The number of amides is 1. The molecule has 2 unspecified atom stereocenters. The van der Waals surface area contributed by atoms with Crippen LogP contribution in [0.4, 0.5) is 4.79 Å². The molecular weight excluding hydrogens is 252 g/mol. The van der Waals surface area contributed by atoms with Crippen LogP contribution in [-0.2, 0) is 4.74 Å².